The first-order chi connectivity index (χ1) is 17.0. The number of aromatic nitrogens is 2. The van der Waals surface area contributed by atoms with Crippen molar-refractivity contribution in [3.63, 3.8) is 0 Å². The molecule has 0 aliphatic rings. The summed E-state index contributed by atoms with van der Waals surface area (Å²) in [6.45, 7) is 9.16. The van der Waals surface area contributed by atoms with Crippen LogP contribution in [0.4, 0.5) is 0 Å². The number of benzene rings is 2. The van der Waals surface area contributed by atoms with Crippen LogP contribution in [0.3, 0.4) is 0 Å². The first-order valence-electron chi connectivity index (χ1n) is 13.4. The van der Waals surface area contributed by atoms with E-state index in [0.717, 1.165) is 56.2 Å². The van der Waals surface area contributed by atoms with Gasteiger partial charge in [0, 0.05) is 13.0 Å². The Bertz CT molecular complexity index is 1170. The standard InChI is InChI=1S/C30H41N3O2/c1-5-8-10-11-20-28(34)32(21-14-9-6-2)27(7-3)29-31-26-19-13-12-18-25(26)30(35)33(29)24-17-15-16-23(4)22-24/h12-13,15-19,22,27H,5-11,14,20-21H2,1-4H3. The largest absolute Gasteiger partial charge is 0.333 e. The van der Waals surface area contributed by atoms with E-state index in [1.54, 1.807) is 4.57 Å². The molecule has 0 saturated heterocycles. The first-order valence-corrected chi connectivity index (χ1v) is 13.4. The summed E-state index contributed by atoms with van der Waals surface area (Å²) in [7, 11) is 0. The summed E-state index contributed by atoms with van der Waals surface area (Å²) in [4.78, 5) is 34.4. The number of carbonyl (C=O) groups is 1. The topological polar surface area (TPSA) is 55.2 Å². The second-order valence-electron chi connectivity index (χ2n) is 9.50. The highest BCUT2D eigenvalue weighted by atomic mass is 16.2. The molecule has 1 atom stereocenters. The highest BCUT2D eigenvalue weighted by molar-refractivity contribution is 5.79. The number of para-hydroxylation sites is 1. The average Bonchev–Trinajstić information content (AvgIpc) is 2.86. The molecule has 1 amide bonds. The van der Waals surface area contributed by atoms with E-state index in [9.17, 15) is 9.59 Å². The van der Waals surface area contributed by atoms with Crippen molar-refractivity contribution in [2.75, 3.05) is 6.54 Å². The van der Waals surface area contributed by atoms with Gasteiger partial charge in [0.2, 0.25) is 5.91 Å². The van der Waals surface area contributed by atoms with Gasteiger partial charge in [-0.1, -0.05) is 77.1 Å². The van der Waals surface area contributed by atoms with Crippen LogP contribution in [0.15, 0.2) is 53.3 Å². The Hall–Kier alpha value is -2.95. The molecule has 1 unspecified atom stereocenters. The third-order valence-electron chi connectivity index (χ3n) is 6.69. The second kappa shape index (κ2) is 13.2. The zero-order valence-corrected chi connectivity index (χ0v) is 21.9. The molecule has 188 valence electrons. The molecular weight excluding hydrogens is 434 g/mol. The third kappa shape index (κ3) is 6.59. The van der Waals surface area contributed by atoms with Crippen LogP contribution in [0.5, 0.6) is 0 Å². The number of hydrogen-bond acceptors (Lipinski definition) is 3. The van der Waals surface area contributed by atoms with Crippen LogP contribution < -0.4 is 5.56 Å². The van der Waals surface area contributed by atoms with Crippen molar-refractivity contribution < 1.29 is 4.79 Å². The molecule has 0 saturated carbocycles. The van der Waals surface area contributed by atoms with E-state index >= 15 is 0 Å². The smallest absolute Gasteiger partial charge is 0.266 e. The summed E-state index contributed by atoms with van der Waals surface area (Å²) in [5.41, 5.74) is 2.47. The van der Waals surface area contributed by atoms with Gasteiger partial charge in [0.05, 0.1) is 22.6 Å². The quantitative estimate of drug-likeness (QED) is 0.247. The number of rotatable bonds is 13. The number of unbranched alkanes of at least 4 members (excludes halogenated alkanes) is 5. The van der Waals surface area contributed by atoms with Crippen LogP contribution in [0.25, 0.3) is 16.6 Å². The number of amides is 1. The van der Waals surface area contributed by atoms with Crippen LogP contribution >= 0.6 is 0 Å². The van der Waals surface area contributed by atoms with E-state index < -0.39 is 0 Å². The fourth-order valence-corrected chi connectivity index (χ4v) is 4.77. The minimum atomic E-state index is -0.261. The number of hydrogen-bond donors (Lipinski definition) is 0. The van der Waals surface area contributed by atoms with Gasteiger partial charge in [-0.2, -0.15) is 0 Å². The predicted octanol–water partition coefficient (Wildman–Crippen LogP) is 7.13. The maximum atomic E-state index is 13.8. The zero-order chi connectivity index (χ0) is 25.2. The summed E-state index contributed by atoms with van der Waals surface area (Å²) in [6.07, 6.45) is 8.65. The monoisotopic (exact) mass is 475 g/mol. The summed E-state index contributed by atoms with van der Waals surface area (Å²) in [5, 5.41) is 0.594. The fraction of sp³-hybridized carbons (Fsp3) is 0.500. The van der Waals surface area contributed by atoms with Gasteiger partial charge in [0.15, 0.2) is 0 Å². The lowest BCUT2D eigenvalue weighted by Gasteiger charge is -2.32. The van der Waals surface area contributed by atoms with E-state index in [1.807, 2.05) is 60.4 Å². The Morgan fingerprint density at radius 1 is 0.943 bits per heavy atom. The predicted molar refractivity (Wildman–Crippen MR) is 145 cm³/mol. The zero-order valence-electron chi connectivity index (χ0n) is 21.9. The van der Waals surface area contributed by atoms with Crippen molar-refractivity contribution in [3.05, 3.63) is 70.3 Å². The van der Waals surface area contributed by atoms with Gasteiger partial charge in [-0.3, -0.25) is 14.2 Å². The maximum Gasteiger partial charge on any atom is 0.266 e. The van der Waals surface area contributed by atoms with Crippen LogP contribution in [-0.4, -0.2) is 26.9 Å². The van der Waals surface area contributed by atoms with Crippen molar-refractivity contribution in [1.29, 1.82) is 0 Å². The molecule has 5 heteroatoms. The Labute approximate surface area is 210 Å². The third-order valence-corrected chi connectivity index (χ3v) is 6.69. The van der Waals surface area contributed by atoms with Gasteiger partial charge < -0.3 is 4.90 Å². The Morgan fingerprint density at radius 3 is 2.40 bits per heavy atom. The molecule has 1 aromatic heterocycles. The number of fused-ring (bicyclic) bond motifs is 1. The van der Waals surface area contributed by atoms with Gasteiger partial charge in [-0.15, -0.1) is 0 Å². The fourth-order valence-electron chi connectivity index (χ4n) is 4.77. The Kier molecular flexibility index (Phi) is 10.1. The normalized spacial score (nSPS) is 12.1. The minimum absolute atomic E-state index is 0.0847. The average molecular weight is 476 g/mol. The van der Waals surface area contributed by atoms with E-state index in [4.69, 9.17) is 4.98 Å². The van der Waals surface area contributed by atoms with Crippen LogP contribution in [0.1, 0.15) is 96.0 Å². The second-order valence-corrected chi connectivity index (χ2v) is 9.50. The molecule has 5 nitrogen and oxygen atoms in total. The van der Waals surface area contributed by atoms with E-state index in [1.165, 1.54) is 0 Å². The molecule has 35 heavy (non-hydrogen) atoms. The first kappa shape index (κ1) is 26.7. The summed E-state index contributed by atoms with van der Waals surface area (Å²) < 4.78 is 1.74. The van der Waals surface area contributed by atoms with Crippen molar-refractivity contribution in [1.82, 2.24) is 14.5 Å². The summed E-state index contributed by atoms with van der Waals surface area (Å²) in [5.74, 6) is 0.822. The van der Waals surface area contributed by atoms with Gasteiger partial charge in [-0.25, -0.2) is 4.98 Å². The number of carbonyl (C=O) groups excluding carboxylic acids is 1. The van der Waals surface area contributed by atoms with Gasteiger partial charge in [0.1, 0.15) is 5.82 Å². The van der Waals surface area contributed by atoms with Crippen LogP contribution in [-0.2, 0) is 4.79 Å². The molecule has 0 spiro atoms. The van der Waals surface area contributed by atoms with Gasteiger partial charge in [-0.05, 0) is 56.0 Å². The van der Waals surface area contributed by atoms with Crippen LogP contribution in [0.2, 0.25) is 0 Å². The molecule has 0 radical (unpaired) electrons. The van der Waals surface area contributed by atoms with Crippen molar-refractivity contribution in [2.45, 2.75) is 91.5 Å². The summed E-state index contributed by atoms with van der Waals surface area (Å²) >= 11 is 0. The van der Waals surface area contributed by atoms with Gasteiger partial charge in [0.25, 0.3) is 5.56 Å². The lowest BCUT2D eigenvalue weighted by atomic mass is 10.1. The SMILES string of the molecule is CCCCCCC(=O)N(CCCCC)C(CC)c1nc2ccccc2c(=O)n1-c1cccc(C)c1. The van der Waals surface area contributed by atoms with E-state index in [-0.39, 0.29) is 17.5 Å². The molecule has 0 N–H and O–H groups in total. The Balaban J connectivity index is 2.12. The molecule has 0 aliphatic carbocycles. The number of aryl methyl sites for hydroxylation is 1. The minimum Gasteiger partial charge on any atom is -0.333 e. The van der Waals surface area contributed by atoms with Crippen molar-refractivity contribution in [3.8, 4) is 5.69 Å². The lowest BCUT2D eigenvalue weighted by Crippen LogP contribution is -2.39. The molecule has 0 bridgehead atoms. The van der Waals surface area contributed by atoms with E-state index in [0.29, 0.717) is 36.1 Å². The lowest BCUT2D eigenvalue weighted by molar-refractivity contribution is -0.134. The van der Waals surface area contributed by atoms with E-state index in [2.05, 4.69) is 20.8 Å². The Morgan fingerprint density at radius 2 is 1.69 bits per heavy atom. The molecule has 1 heterocycles. The number of nitrogens with zero attached hydrogens (tertiary/aromatic N) is 3. The van der Waals surface area contributed by atoms with Crippen LogP contribution in [0, 0.1) is 6.92 Å². The maximum absolute atomic E-state index is 13.8. The van der Waals surface area contributed by atoms with Gasteiger partial charge >= 0.3 is 0 Å². The summed E-state index contributed by atoms with van der Waals surface area (Å²) in [6, 6.07) is 15.2. The highest BCUT2D eigenvalue weighted by Crippen LogP contribution is 2.28. The molecule has 2 aromatic carbocycles. The highest BCUT2D eigenvalue weighted by Gasteiger charge is 2.28. The molecule has 0 aliphatic heterocycles. The van der Waals surface area contributed by atoms with Crippen molar-refractivity contribution >= 4 is 16.8 Å². The molecular formula is C30H41N3O2. The molecule has 3 rings (SSSR count). The molecule has 0 fully saturated rings. The van der Waals surface area contributed by atoms with Crippen molar-refractivity contribution in [2.24, 2.45) is 0 Å². The molecule has 3 aromatic rings.